The smallest absolute Gasteiger partial charge is 0.308 e. The Morgan fingerprint density at radius 3 is 2.92 bits per heavy atom. The van der Waals surface area contributed by atoms with E-state index in [-0.39, 0.29) is 11.7 Å². The Balaban J connectivity index is 2.64. The predicted octanol–water partition coefficient (Wildman–Crippen LogP) is 1.46. The maximum absolute atomic E-state index is 12.0. The van der Waals surface area contributed by atoms with Crippen LogP contribution in [0.25, 0.3) is 0 Å². The van der Waals surface area contributed by atoms with E-state index in [9.17, 15) is 13.6 Å². The number of nitrogens with zero attached hydrogens (tertiary/aromatic N) is 2. The van der Waals surface area contributed by atoms with Crippen LogP contribution in [-0.4, -0.2) is 21.6 Å². The van der Waals surface area contributed by atoms with Crippen LogP contribution < -0.4 is 5.32 Å². The average Bonchev–Trinajstić information content (AvgIpc) is 2.52. The number of anilines is 1. The number of carbonyl (C=O) groups excluding carboxylic acids is 1. The van der Waals surface area contributed by atoms with Gasteiger partial charge in [0.15, 0.2) is 5.82 Å². The van der Waals surface area contributed by atoms with Crippen molar-refractivity contribution in [2.45, 2.75) is 6.55 Å². The summed E-state index contributed by atoms with van der Waals surface area (Å²) in [7, 11) is 0. The summed E-state index contributed by atoms with van der Waals surface area (Å²) in [5.41, 5.74) is 0. The molecular formula is C6H6ClF2N3O. The molecule has 1 heterocycles. The minimum Gasteiger partial charge on any atom is -0.308 e. The zero-order valence-corrected chi connectivity index (χ0v) is 7.13. The summed E-state index contributed by atoms with van der Waals surface area (Å²) in [6, 6.07) is 1.26. The van der Waals surface area contributed by atoms with E-state index in [1.807, 2.05) is 0 Å². The molecule has 1 rings (SSSR count). The van der Waals surface area contributed by atoms with Crippen molar-refractivity contribution < 1.29 is 13.6 Å². The van der Waals surface area contributed by atoms with Gasteiger partial charge in [-0.3, -0.25) is 4.79 Å². The molecule has 4 nitrogen and oxygen atoms in total. The summed E-state index contributed by atoms with van der Waals surface area (Å²) in [5.74, 6) is -0.659. The zero-order chi connectivity index (χ0) is 9.84. The maximum atomic E-state index is 12.0. The molecule has 1 amide bonds. The van der Waals surface area contributed by atoms with Crippen molar-refractivity contribution >= 4 is 23.3 Å². The molecule has 1 N–H and O–H groups in total. The van der Waals surface area contributed by atoms with Gasteiger partial charge in [0, 0.05) is 12.3 Å². The van der Waals surface area contributed by atoms with Gasteiger partial charge in [-0.15, -0.1) is 11.6 Å². The van der Waals surface area contributed by atoms with Gasteiger partial charge >= 0.3 is 6.55 Å². The van der Waals surface area contributed by atoms with E-state index in [2.05, 4.69) is 10.4 Å². The minimum absolute atomic E-state index is 0.0611. The second kappa shape index (κ2) is 4.18. The number of alkyl halides is 3. The number of nitrogens with one attached hydrogen (secondary N) is 1. The number of amides is 1. The van der Waals surface area contributed by atoms with E-state index in [0.29, 0.717) is 4.68 Å². The first kappa shape index (κ1) is 9.91. The first-order chi connectivity index (χ1) is 6.13. The standard InChI is InChI=1S/C6H6ClF2N3O/c7-3-5(13)10-4-1-2-12(11-4)6(8)9/h1-2,6H,3H2,(H,10,11,13). The van der Waals surface area contributed by atoms with Gasteiger partial charge < -0.3 is 5.32 Å². The van der Waals surface area contributed by atoms with Crippen molar-refractivity contribution in [3.05, 3.63) is 12.3 Å². The molecule has 0 aliphatic heterocycles. The fourth-order valence-electron chi connectivity index (χ4n) is 0.690. The lowest BCUT2D eigenvalue weighted by atomic mass is 10.6. The molecule has 0 aromatic carbocycles. The third-order valence-corrected chi connectivity index (χ3v) is 1.44. The van der Waals surface area contributed by atoms with Gasteiger partial charge in [0.1, 0.15) is 5.88 Å². The molecule has 0 fully saturated rings. The van der Waals surface area contributed by atoms with Gasteiger partial charge in [-0.25, -0.2) is 4.68 Å². The van der Waals surface area contributed by atoms with E-state index in [1.54, 1.807) is 0 Å². The number of aromatic nitrogens is 2. The SMILES string of the molecule is O=C(CCl)Nc1ccn(C(F)F)n1. The van der Waals surface area contributed by atoms with E-state index >= 15 is 0 Å². The van der Waals surface area contributed by atoms with Gasteiger partial charge in [0.2, 0.25) is 5.91 Å². The van der Waals surface area contributed by atoms with E-state index in [0.717, 1.165) is 6.20 Å². The van der Waals surface area contributed by atoms with Crippen molar-refractivity contribution in [2.24, 2.45) is 0 Å². The highest BCUT2D eigenvalue weighted by Gasteiger charge is 2.08. The molecule has 7 heteroatoms. The molecule has 0 saturated carbocycles. The van der Waals surface area contributed by atoms with Crippen molar-refractivity contribution in [2.75, 3.05) is 11.2 Å². The Bertz CT molecular complexity index is 302. The first-order valence-electron chi connectivity index (χ1n) is 3.32. The number of hydrogen-bond acceptors (Lipinski definition) is 2. The Kier molecular flexibility index (Phi) is 3.18. The highest BCUT2D eigenvalue weighted by Crippen LogP contribution is 2.11. The van der Waals surface area contributed by atoms with Crippen molar-refractivity contribution in [3.63, 3.8) is 0 Å². The fourth-order valence-corrected chi connectivity index (χ4v) is 0.756. The van der Waals surface area contributed by atoms with Crippen LogP contribution in [0, 0.1) is 0 Å². The van der Waals surface area contributed by atoms with Crippen LogP contribution in [0.4, 0.5) is 14.6 Å². The predicted molar refractivity (Wildman–Crippen MR) is 42.8 cm³/mol. The van der Waals surface area contributed by atoms with E-state index in [4.69, 9.17) is 11.6 Å². The van der Waals surface area contributed by atoms with Gasteiger partial charge in [0.05, 0.1) is 0 Å². The third kappa shape index (κ3) is 2.66. The molecule has 0 aliphatic rings. The molecule has 13 heavy (non-hydrogen) atoms. The first-order valence-corrected chi connectivity index (χ1v) is 3.86. The lowest BCUT2D eigenvalue weighted by Crippen LogP contribution is -2.13. The fraction of sp³-hybridized carbons (Fsp3) is 0.333. The highest BCUT2D eigenvalue weighted by atomic mass is 35.5. The highest BCUT2D eigenvalue weighted by molar-refractivity contribution is 6.28. The van der Waals surface area contributed by atoms with E-state index < -0.39 is 12.5 Å². The van der Waals surface area contributed by atoms with Gasteiger partial charge in [-0.05, 0) is 0 Å². The van der Waals surface area contributed by atoms with Crippen LogP contribution in [0.2, 0.25) is 0 Å². The number of carbonyl (C=O) groups is 1. The topological polar surface area (TPSA) is 46.9 Å². The molecular weight excluding hydrogens is 204 g/mol. The number of rotatable bonds is 3. The Morgan fingerprint density at radius 2 is 2.46 bits per heavy atom. The van der Waals surface area contributed by atoms with Crippen LogP contribution >= 0.6 is 11.6 Å². The number of hydrogen-bond donors (Lipinski definition) is 1. The van der Waals surface area contributed by atoms with Crippen LogP contribution in [0.3, 0.4) is 0 Å². The molecule has 0 spiro atoms. The lowest BCUT2D eigenvalue weighted by molar-refractivity contribution is -0.114. The Hall–Kier alpha value is -1.17. The van der Waals surface area contributed by atoms with Crippen LogP contribution in [0.15, 0.2) is 12.3 Å². The molecule has 0 bridgehead atoms. The number of halogens is 3. The van der Waals surface area contributed by atoms with Gasteiger partial charge in [0.25, 0.3) is 0 Å². The summed E-state index contributed by atoms with van der Waals surface area (Å²) in [6.07, 6.45) is 1.06. The largest absolute Gasteiger partial charge is 0.333 e. The van der Waals surface area contributed by atoms with Crippen LogP contribution in [-0.2, 0) is 4.79 Å². The minimum atomic E-state index is -2.71. The summed E-state index contributed by atoms with van der Waals surface area (Å²) in [4.78, 5) is 10.7. The quantitative estimate of drug-likeness (QED) is 0.766. The van der Waals surface area contributed by atoms with Crippen molar-refractivity contribution in [1.82, 2.24) is 9.78 Å². The molecule has 72 valence electrons. The molecule has 0 radical (unpaired) electrons. The molecule has 1 aromatic heterocycles. The van der Waals surface area contributed by atoms with Crippen LogP contribution in [0.1, 0.15) is 6.55 Å². The normalized spacial score (nSPS) is 10.5. The lowest BCUT2D eigenvalue weighted by Gasteiger charge is -1.98. The summed E-state index contributed by atoms with van der Waals surface area (Å²) >= 11 is 5.18. The molecule has 0 saturated heterocycles. The Morgan fingerprint density at radius 1 is 1.77 bits per heavy atom. The third-order valence-electron chi connectivity index (χ3n) is 1.20. The van der Waals surface area contributed by atoms with Crippen LogP contribution in [0.5, 0.6) is 0 Å². The molecule has 0 aliphatic carbocycles. The summed E-state index contributed by atoms with van der Waals surface area (Å²) < 4.78 is 24.4. The average molecular weight is 210 g/mol. The summed E-state index contributed by atoms with van der Waals surface area (Å²) in [5, 5.41) is 5.60. The second-order valence-electron chi connectivity index (χ2n) is 2.14. The van der Waals surface area contributed by atoms with Gasteiger partial charge in [-0.2, -0.15) is 13.9 Å². The monoisotopic (exact) mass is 209 g/mol. The van der Waals surface area contributed by atoms with Crippen molar-refractivity contribution in [3.8, 4) is 0 Å². The molecule has 0 atom stereocenters. The molecule has 0 unspecified atom stereocenters. The Labute approximate surface area is 77.5 Å². The zero-order valence-electron chi connectivity index (χ0n) is 6.38. The summed E-state index contributed by atoms with van der Waals surface area (Å²) in [6.45, 7) is -2.71. The van der Waals surface area contributed by atoms with E-state index in [1.165, 1.54) is 6.07 Å². The maximum Gasteiger partial charge on any atom is 0.333 e. The molecule has 1 aromatic rings. The van der Waals surface area contributed by atoms with Crippen molar-refractivity contribution in [1.29, 1.82) is 0 Å². The van der Waals surface area contributed by atoms with Gasteiger partial charge in [-0.1, -0.05) is 0 Å². The second-order valence-corrected chi connectivity index (χ2v) is 2.41.